The molecular weight excluding hydrogens is 427 g/mol. The van der Waals surface area contributed by atoms with Crippen LogP contribution in [0.3, 0.4) is 0 Å². The van der Waals surface area contributed by atoms with Gasteiger partial charge in [-0.05, 0) is 62.3 Å². The number of primary amides is 1. The summed E-state index contributed by atoms with van der Waals surface area (Å²) >= 11 is 0. The molecule has 1 aromatic rings. The van der Waals surface area contributed by atoms with Crippen LogP contribution in [0.25, 0.3) is 0 Å². The van der Waals surface area contributed by atoms with E-state index in [2.05, 4.69) is 15.3 Å². The lowest BCUT2D eigenvalue weighted by molar-refractivity contribution is -0.161. The van der Waals surface area contributed by atoms with Gasteiger partial charge < -0.3 is 20.7 Å². The number of nitrogens with zero attached hydrogens (tertiary/aromatic N) is 3. The van der Waals surface area contributed by atoms with Gasteiger partial charge in [-0.15, -0.1) is 0 Å². The highest BCUT2D eigenvalue weighted by Gasteiger charge is 2.59. The summed E-state index contributed by atoms with van der Waals surface area (Å²) in [6.45, 7) is 0.736. The minimum absolute atomic E-state index is 0.113. The molecule has 11 heteroatoms. The van der Waals surface area contributed by atoms with Crippen molar-refractivity contribution in [2.45, 2.75) is 56.8 Å². The van der Waals surface area contributed by atoms with Gasteiger partial charge in [0.05, 0.1) is 5.41 Å². The van der Waals surface area contributed by atoms with Crippen molar-refractivity contribution in [1.29, 1.82) is 0 Å². The molecule has 1 saturated heterocycles. The molecular formula is C21H26F3N5O3. The van der Waals surface area contributed by atoms with Gasteiger partial charge in [-0.3, -0.25) is 4.79 Å². The van der Waals surface area contributed by atoms with Gasteiger partial charge >= 0.3 is 12.3 Å². The largest absolute Gasteiger partial charge is 0.446 e. The number of rotatable bonds is 4. The van der Waals surface area contributed by atoms with Gasteiger partial charge in [0.1, 0.15) is 11.8 Å². The fourth-order valence-corrected chi connectivity index (χ4v) is 6.48. The van der Waals surface area contributed by atoms with E-state index in [0.717, 1.165) is 31.5 Å². The van der Waals surface area contributed by atoms with Crippen LogP contribution in [0.1, 0.15) is 44.2 Å². The molecule has 6 atom stereocenters. The SMILES string of the molecule is NC(=O)[C@]12CC3CC(C1)C(OC(=O)N1CC[C@@H](Nc4nccc(C(F)(F)F)n4)C1)[C@H](C3)C2. The van der Waals surface area contributed by atoms with Gasteiger partial charge in [0.25, 0.3) is 0 Å². The van der Waals surface area contributed by atoms with Crippen LogP contribution in [-0.4, -0.2) is 52.1 Å². The van der Waals surface area contributed by atoms with E-state index in [1.165, 1.54) is 0 Å². The number of alkyl halides is 3. The standard InChI is InChI=1S/C21H26F3N5O3/c22-21(23,24)15-1-3-26-18(28-15)27-14-2-4-29(10-14)19(31)32-16-12-5-11-6-13(16)9-20(7-11,8-12)17(25)30/h1,3,11-14,16H,2,4-10H2,(H2,25,30)(H,26,27,28)/t11?,12-,13?,14-,16?,20+/m1/s1. The molecule has 1 aromatic heterocycles. The van der Waals surface area contributed by atoms with Crippen molar-refractivity contribution in [1.82, 2.24) is 14.9 Å². The molecule has 3 unspecified atom stereocenters. The second kappa shape index (κ2) is 7.48. The lowest BCUT2D eigenvalue weighted by Gasteiger charge is -2.58. The van der Waals surface area contributed by atoms with Gasteiger partial charge in [0, 0.05) is 25.3 Å². The van der Waals surface area contributed by atoms with Crippen LogP contribution in [0.4, 0.5) is 23.9 Å². The van der Waals surface area contributed by atoms with E-state index in [1.807, 2.05) is 0 Å². The number of likely N-dealkylation sites (tertiary alicyclic amines) is 1. The number of aromatic nitrogens is 2. The van der Waals surface area contributed by atoms with E-state index in [4.69, 9.17) is 10.5 Å². The maximum atomic E-state index is 12.9. The average molecular weight is 453 g/mol. The Morgan fingerprint density at radius 1 is 1.22 bits per heavy atom. The molecule has 0 spiro atoms. The summed E-state index contributed by atoms with van der Waals surface area (Å²) in [5.41, 5.74) is 4.26. The summed E-state index contributed by atoms with van der Waals surface area (Å²) in [6, 6.07) is 0.555. The van der Waals surface area contributed by atoms with Gasteiger partial charge in [0.2, 0.25) is 11.9 Å². The van der Waals surface area contributed by atoms with Crippen molar-refractivity contribution in [2.24, 2.45) is 28.9 Å². The van der Waals surface area contributed by atoms with E-state index in [-0.39, 0.29) is 35.8 Å². The number of amides is 2. The number of carbonyl (C=O) groups excluding carboxylic acids is 2. The van der Waals surface area contributed by atoms with E-state index in [1.54, 1.807) is 4.90 Å². The van der Waals surface area contributed by atoms with Crippen LogP contribution >= 0.6 is 0 Å². The van der Waals surface area contributed by atoms with Gasteiger partial charge in [-0.2, -0.15) is 13.2 Å². The monoisotopic (exact) mass is 453 g/mol. The van der Waals surface area contributed by atoms with Gasteiger partial charge in [-0.25, -0.2) is 14.8 Å². The zero-order valence-electron chi connectivity index (χ0n) is 17.5. The Balaban J connectivity index is 1.18. The molecule has 4 aliphatic carbocycles. The molecule has 2 amide bonds. The van der Waals surface area contributed by atoms with E-state index < -0.39 is 23.4 Å². The van der Waals surface area contributed by atoms with Crippen LogP contribution in [0.15, 0.2) is 12.3 Å². The lowest BCUT2D eigenvalue weighted by atomic mass is 9.48. The van der Waals surface area contributed by atoms with Crippen molar-refractivity contribution < 1.29 is 27.5 Å². The van der Waals surface area contributed by atoms with E-state index in [9.17, 15) is 22.8 Å². The molecule has 0 radical (unpaired) electrons. The third-order valence-corrected chi connectivity index (χ3v) is 7.67. The number of nitrogens with two attached hydrogens (primary N) is 1. The summed E-state index contributed by atoms with van der Waals surface area (Å²) in [5, 5.41) is 2.89. The summed E-state index contributed by atoms with van der Waals surface area (Å²) < 4.78 is 44.5. The maximum absolute atomic E-state index is 12.9. The highest BCUT2D eigenvalue weighted by molar-refractivity contribution is 5.81. The third kappa shape index (κ3) is 3.75. The topological polar surface area (TPSA) is 110 Å². The third-order valence-electron chi connectivity index (χ3n) is 7.67. The fraction of sp³-hybridized carbons (Fsp3) is 0.714. The van der Waals surface area contributed by atoms with Crippen molar-refractivity contribution in [3.8, 4) is 0 Å². The Hall–Kier alpha value is -2.59. The highest BCUT2D eigenvalue weighted by atomic mass is 19.4. The lowest BCUT2D eigenvalue weighted by Crippen LogP contribution is -2.59. The molecule has 4 bridgehead atoms. The average Bonchev–Trinajstić information content (AvgIpc) is 3.18. The molecule has 1 aliphatic heterocycles. The van der Waals surface area contributed by atoms with Crippen LogP contribution in [0.2, 0.25) is 0 Å². The first-order valence-electron chi connectivity index (χ1n) is 11.1. The molecule has 0 aromatic carbocycles. The van der Waals surface area contributed by atoms with Crippen LogP contribution in [0.5, 0.6) is 0 Å². The smallest absolute Gasteiger partial charge is 0.433 e. The Morgan fingerprint density at radius 3 is 2.59 bits per heavy atom. The molecule has 4 saturated carbocycles. The quantitative estimate of drug-likeness (QED) is 0.726. The Bertz CT molecular complexity index is 910. The summed E-state index contributed by atoms with van der Waals surface area (Å²) in [6.07, 6.45) is 0.596. The van der Waals surface area contributed by atoms with Crippen LogP contribution in [-0.2, 0) is 15.7 Å². The first-order chi connectivity index (χ1) is 15.1. The number of hydrogen-bond acceptors (Lipinski definition) is 6. The zero-order valence-corrected chi connectivity index (χ0v) is 17.5. The summed E-state index contributed by atoms with van der Waals surface area (Å²) in [5.74, 6) is 0.452. The Labute approximate surface area is 183 Å². The van der Waals surface area contributed by atoms with Crippen LogP contribution in [0, 0.1) is 23.2 Å². The highest BCUT2D eigenvalue weighted by Crippen LogP contribution is 2.60. The number of halogens is 3. The van der Waals surface area contributed by atoms with Gasteiger partial charge in [-0.1, -0.05) is 0 Å². The number of anilines is 1. The number of carbonyl (C=O) groups is 2. The van der Waals surface area contributed by atoms with Crippen molar-refractivity contribution in [3.05, 3.63) is 18.0 Å². The molecule has 5 aliphatic rings. The minimum atomic E-state index is -4.55. The molecule has 32 heavy (non-hydrogen) atoms. The number of nitrogens with one attached hydrogen (secondary N) is 1. The predicted molar refractivity (Wildman–Crippen MR) is 106 cm³/mol. The summed E-state index contributed by atoms with van der Waals surface area (Å²) in [7, 11) is 0. The van der Waals surface area contributed by atoms with E-state index in [0.29, 0.717) is 38.3 Å². The predicted octanol–water partition coefficient (Wildman–Crippen LogP) is 2.80. The molecule has 2 heterocycles. The Kier molecular flexibility index (Phi) is 4.97. The zero-order chi connectivity index (χ0) is 22.7. The molecule has 3 N–H and O–H groups in total. The van der Waals surface area contributed by atoms with Crippen molar-refractivity contribution >= 4 is 17.9 Å². The van der Waals surface area contributed by atoms with Crippen molar-refractivity contribution in [3.63, 3.8) is 0 Å². The van der Waals surface area contributed by atoms with Gasteiger partial charge in [0.15, 0.2) is 0 Å². The fourth-order valence-electron chi connectivity index (χ4n) is 6.48. The van der Waals surface area contributed by atoms with Crippen molar-refractivity contribution in [2.75, 3.05) is 18.4 Å². The maximum Gasteiger partial charge on any atom is 0.433 e. The second-order valence-electron chi connectivity index (χ2n) is 9.80. The van der Waals surface area contributed by atoms with Crippen LogP contribution < -0.4 is 11.1 Å². The normalized spacial score (nSPS) is 35.7. The second-order valence-corrected chi connectivity index (χ2v) is 9.80. The first kappa shape index (κ1) is 21.3. The molecule has 174 valence electrons. The Morgan fingerprint density at radius 2 is 1.94 bits per heavy atom. The number of hydrogen-bond donors (Lipinski definition) is 2. The minimum Gasteiger partial charge on any atom is -0.446 e. The first-order valence-corrected chi connectivity index (χ1v) is 11.1. The molecule has 6 rings (SSSR count). The molecule has 5 fully saturated rings. The van der Waals surface area contributed by atoms with E-state index >= 15 is 0 Å². The summed E-state index contributed by atoms with van der Waals surface area (Å²) in [4.78, 5) is 33.9. The number of ether oxygens (including phenoxy) is 1. The molecule has 8 nitrogen and oxygen atoms in total.